The molecule has 9 rings (SSSR count). The van der Waals surface area contributed by atoms with Crippen LogP contribution in [0.4, 0.5) is 0 Å². The number of phenolic OH excluding ortho intramolecular Hbond substituents is 1. The van der Waals surface area contributed by atoms with Gasteiger partial charge in [-0.2, -0.15) is 0 Å². The number of aliphatic hydroxyl groups excluding tert-OH is 1. The molecule has 2 aromatic carbocycles. The first-order valence-corrected chi connectivity index (χ1v) is 23.3. The summed E-state index contributed by atoms with van der Waals surface area (Å²) in [7, 11) is 0. The number of phenols is 1. The number of ether oxygens (including phenoxy) is 1. The Kier molecular flexibility index (Phi) is 11.9. The van der Waals surface area contributed by atoms with E-state index in [9.17, 15) is 19.8 Å². The largest absolute Gasteiger partial charge is 0.507 e. The number of aromatic hydroxyl groups is 1. The Morgan fingerprint density at radius 2 is 1.82 bits per heavy atom. The number of nitrogens with one attached hydrogen (secondary N) is 1. The average molecular weight is 876 g/mol. The summed E-state index contributed by atoms with van der Waals surface area (Å²) in [5.74, 6) is 1.16. The number of hydrogen-bond donors (Lipinski definition) is 3. The van der Waals surface area contributed by atoms with Crippen molar-refractivity contribution < 1.29 is 29.1 Å². The van der Waals surface area contributed by atoms with Crippen LogP contribution in [-0.2, 0) is 16.0 Å². The summed E-state index contributed by atoms with van der Waals surface area (Å²) >= 11 is 3.35. The molecule has 2 bridgehead atoms. The van der Waals surface area contributed by atoms with Gasteiger partial charge in [0, 0.05) is 66.3 Å². The minimum absolute atomic E-state index is 0.0574. The molecular weight excluding hydrogens is 823 g/mol. The number of thiophene rings is 1. The van der Waals surface area contributed by atoms with Gasteiger partial charge in [0.05, 0.1) is 33.9 Å². The van der Waals surface area contributed by atoms with Crippen LogP contribution in [0.2, 0.25) is 0 Å². The van der Waals surface area contributed by atoms with Crippen molar-refractivity contribution in [3.8, 4) is 33.3 Å². The Morgan fingerprint density at radius 3 is 2.55 bits per heavy atom. The zero-order chi connectivity index (χ0) is 43.2. The molecule has 2 aliphatic heterocycles. The van der Waals surface area contributed by atoms with Gasteiger partial charge in [0.2, 0.25) is 11.8 Å². The predicted molar refractivity (Wildman–Crippen MR) is 239 cm³/mol. The molecule has 62 heavy (non-hydrogen) atoms. The van der Waals surface area contributed by atoms with E-state index in [1.165, 1.54) is 10.4 Å². The first-order valence-electron chi connectivity index (χ1n) is 21.6. The Balaban J connectivity index is 0.769. The number of carbonyl (C=O) groups excluding carboxylic acids is 2. The standard InChI is InChI=1S/C47H53N7O6S2/c1-25(2)36(47(58)54-23-33(55)18-40(54)45(57)49-27(4)29-10-12-30(13-11-29)44-28(5)48-24-61-44)19-34-20-42(52-60-34)59-15-14-53-22-31-16-32(53)17-38(31)43-26(3)37-21-39(50-51-46(37)62-43)35-8-6-7-9-41(35)56/h6-13,20-21,24-25,27,31-33,36,38,40,55-56H,14-19,22-23H2,1-5H3,(H,49,57)/t27-,31+,32+,33+,36-,38-,40-/m0/s1. The van der Waals surface area contributed by atoms with Gasteiger partial charge in [-0.25, -0.2) is 4.98 Å². The SMILES string of the molecule is Cc1ncsc1-c1ccc([C@H](C)NC(=O)[C@@H]2C[C@@H](O)CN2C(=O)[C@@H](Cc2cc(OCCN3C[C@H]4C[C@@H]3C[C@@H]4c3sc4nnc(-c5ccccc5O)cc4c3C)no2)C(C)C)cc1. The van der Waals surface area contributed by atoms with Gasteiger partial charge in [-0.1, -0.05) is 50.2 Å². The van der Waals surface area contributed by atoms with Crippen molar-refractivity contribution in [3.05, 3.63) is 93.6 Å². The number of aliphatic hydroxyl groups is 1. The van der Waals surface area contributed by atoms with Gasteiger partial charge in [0.1, 0.15) is 29.0 Å². The molecule has 2 amide bonds. The second-order valence-corrected chi connectivity index (χ2v) is 19.5. The Hall–Kier alpha value is -5.22. The Morgan fingerprint density at radius 1 is 1.02 bits per heavy atom. The number of para-hydroxylation sites is 1. The van der Waals surface area contributed by atoms with Crippen LogP contribution in [-0.4, -0.2) is 96.6 Å². The van der Waals surface area contributed by atoms with E-state index in [2.05, 4.69) is 43.5 Å². The number of piperidine rings is 1. The fourth-order valence-electron chi connectivity index (χ4n) is 9.82. The van der Waals surface area contributed by atoms with E-state index in [4.69, 9.17) is 9.26 Å². The average Bonchev–Trinajstić information content (AvgIpc) is 4.14. The normalized spacial score (nSPS) is 22.2. The molecule has 6 heterocycles. The van der Waals surface area contributed by atoms with Crippen molar-refractivity contribution in [1.29, 1.82) is 0 Å². The number of likely N-dealkylation sites (tertiary alicyclic amines) is 2. The van der Waals surface area contributed by atoms with Crippen LogP contribution >= 0.6 is 22.7 Å². The highest BCUT2D eigenvalue weighted by molar-refractivity contribution is 7.19. The van der Waals surface area contributed by atoms with E-state index < -0.39 is 18.1 Å². The van der Waals surface area contributed by atoms with Crippen molar-refractivity contribution in [3.63, 3.8) is 0 Å². The number of rotatable bonds is 14. The number of hydrogen-bond acceptors (Lipinski definition) is 13. The number of amides is 2. The lowest BCUT2D eigenvalue weighted by Gasteiger charge is -2.31. The fourth-order valence-corrected chi connectivity index (χ4v) is 11.9. The van der Waals surface area contributed by atoms with Crippen molar-refractivity contribution >= 4 is 44.7 Å². The monoisotopic (exact) mass is 875 g/mol. The Labute approximate surface area is 369 Å². The van der Waals surface area contributed by atoms with Gasteiger partial charge < -0.3 is 29.7 Å². The first kappa shape index (κ1) is 42.1. The minimum Gasteiger partial charge on any atom is -0.507 e. The zero-order valence-electron chi connectivity index (χ0n) is 35.7. The predicted octanol–water partition coefficient (Wildman–Crippen LogP) is 7.70. The van der Waals surface area contributed by atoms with Crippen LogP contribution in [0.1, 0.15) is 79.5 Å². The molecule has 15 heteroatoms. The van der Waals surface area contributed by atoms with Crippen LogP contribution in [0.15, 0.2) is 70.7 Å². The van der Waals surface area contributed by atoms with E-state index in [-0.39, 0.29) is 42.5 Å². The summed E-state index contributed by atoms with van der Waals surface area (Å²) in [4.78, 5) is 39.7. The molecule has 324 valence electrons. The highest BCUT2D eigenvalue weighted by atomic mass is 32.1. The van der Waals surface area contributed by atoms with Gasteiger partial charge in [-0.05, 0) is 91.4 Å². The molecule has 7 atom stereocenters. The zero-order valence-corrected chi connectivity index (χ0v) is 37.3. The number of nitrogens with zero attached hydrogens (tertiary/aromatic N) is 6. The Bertz CT molecular complexity index is 2570. The molecule has 1 aliphatic carbocycles. The third-order valence-corrected chi connectivity index (χ3v) is 15.6. The van der Waals surface area contributed by atoms with Crippen LogP contribution in [0.3, 0.4) is 0 Å². The summed E-state index contributed by atoms with van der Waals surface area (Å²) < 4.78 is 11.8. The van der Waals surface area contributed by atoms with E-state index in [1.54, 1.807) is 45.8 Å². The summed E-state index contributed by atoms with van der Waals surface area (Å²) in [5.41, 5.74) is 7.48. The van der Waals surface area contributed by atoms with E-state index >= 15 is 0 Å². The van der Waals surface area contributed by atoms with Crippen LogP contribution < -0.4 is 10.1 Å². The van der Waals surface area contributed by atoms with Gasteiger partial charge in [-0.3, -0.25) is 14.5 Å². The lowest BCUT2D eigenvalue weighted by Crippen LogP contribution is -2.49. The number of thiazole rings is 1. The van der Waals surface area contributed by atoms with Gasteiger partial charge in [0.15, 0.2) is 0 Å². The molecule has 6 aromatic rings. The van der Waals surface area contributed by atoms with E-state index in [1.807, 2.05) is 69.6 Å². The number of carbonyl (C=O) groups is 2. The maximum atomic E-state index is 14.1. The van der Waals surface area contributed by atoms with Crippen LogP contribution in [0.5, 0.6) is 11.6 Å². The topological polar surface area (TPSA) is 167 Å². The molecule has 0 spiro atoms. The summed E-state index contributed by atoms with van der Waals surface area (Å²) in [6.07, 6.45) is 1.94. The minimum atomic E-state index is -0.790. The van der Waals surface area contributed by atoms with Crippen LogP contribution in [0.25, 0.3) is 31.9 Å². The first-order chi connectivity index (χ1) is 29.9. The summed E-state index contributed by atoms with van der Waals surface area (Å²) in [6.45, 7) is 12.4. The smallest absolute Gasteiger partial charge is 0.254 e. The van der Waals surface area contributed by atoms with E-state index in [0.717, 1.165) is 57.8 Å². The summed E-state index contributed by atoms with van der Waals surface area (Å²) in [6, 6.07) is 18.5. The number of aromatic nitrogens is 4. The number of β-amino-alcohol motifs (C(OH)–C–C–N with tert-alkyl or cyclic N) is 1. The molecule has 3 N–H and O–H groups in total. The number of benzene rings is 2. The van der Waals surface area contributed by atoms with Gasteiger partial charge in [-0.15, -0.1) is 32.9 Å². The number of aryl methyl sites for hydroxylation is 2. The molecule has 3 fully saturated rings. The second kappa shape index (κ2) is 17.5. The molecule has 1 saturated carbocycles. The van der Waals surface area contributed by atoms with Crippen molar-refractivity contribution in [2.75, 3.05) is 26.2 Å². The lowest BCUT2D eigenvalue weighted by molar-refractivity contribution is -0.143. The quantitative estimate of drug-likeness (QED) is 0.0982. The highest BCUT2D eigenvalue weighted by Gasteiger charge is 2.46. The molecule has 4 aromatic heterocycles. The second-order valence-electron chi connectivity index (χ2n) is 17.6. The maximum Gasteiger partial charge on any atom is 0.254 e. The third-order valence-electron chi connectivity index (χ3n) is 13.3. The van der Waals surface area contributed by atoms with Crippen molar-refractivity contribution in [2.45, 2.75) is 90.4 Å². The van der Waals surface area contributed by atoms with E-state index in [0.29, 0.717) is 53.8 Å². The van der Waals surface area contributed by atoms with Crippen molar-refractivity contribution in [1.82, 2.24) is 35.5 Å². The maximum absolute atomic E-state index is 14.1. The molecule has 2 saturated heterocycles. The van der Waals surface area contributed by atoms with Gasteiger partial charge in [0.25, 0.3) is 5.88 Å². The molecule has 3 aliphatic rings. The molecule has 0 radical (unpaired) electrons. The van der Waals surface area contributed by atoms with Crippen molar-refractivity contribution in [2.24, 2.45) is 17.8 Å². The fraction of sp³-hybridized carbons (Fsp3) is 0.447. The highest BCUT2D eigenvalue weighted by Crippen LogP contribution is 2.51. The molecule has 13 nitrogen and oxygen atoms in total. The number of fused-ring (bicyclic) bond motifs is 3. The third kappa shape index (κ3) is 8.35. The molecular formula is C47H53N7O6S2. The summed E-state index contributed by atoms with van der Waals surface area (Å²) in [5, 5.41) is 38.5. The van der Waals surface area contributed by atoms with Gasteiger partial charge >= 0.3 is 0 Å². The molecule has 0 unspecified atom stereocenters. The van der Waals surface area contributed by atoms with Crippen LogP contribution in [0, 0.1) is 31.6 Å². The lowest BCUT2D eigenvalue weighted by atomic mass is 9.89.